The lowest BCUT2D eigenvalue weighted by Crippen LogP contribution is -2.55. The summed E-state index contributed by atoms with van der Waals surface area (Å²) in [6, 6.07) is 22.7. The van der Waals surface area contributed by atoms with Crippen LogP contribution in [0.3, 0.4) is 0 Å². The van der Waals surface area contributed by atoms with Gasteiger partial charge < -0.3 is 15.0 Å². The van der Waals surface area contributed by atoms with E-state index in [0.29, 0.717) is 12.2 Å². The molecule has 208 valence electrons. The topological polar surface area (TPSA) is 58.6 Å². The molecule has 3 aromatic carbocycles. The van der Waals surface area contributed by atoms with Gasteiger partial charge in [0.05, 0.1) is 4.47 Å². The Morgan fingerprint density at radius 2 is 1.51 bits per heavy atom. The minimum atomic E-state index is -0.724. The Labute approximate surface area is 249 Å². The van der Waals surface area contributed by atoms with Gasteiger partial charge in [0.25, 0.3) is 5.91 Å². The van der Waals surface area contributed by atoms with E-state index in [2.05, 4.69) is 57.9 Å². The summed E-state index contributed by atoms with van der Waals surface area (Å²) in [6.45, 7) is 12.3. The predicted octanol–water partition coefficient (Wildman–Crippen LogP) is 7.44. The number of nitrogens with one attached hydrogen (secondary N) is 1. The lowest BCUT2D eigenvalue weighted by Gasteiger charge is -2.33. The van der Waals surface area contributed by atoms with E-state index in [1.165, 1.54) is 0 Å². The Kier molecular flexibility index (Phi) is 10.4. The van der Waals surface area contributed by atoms with Crippen LogP contribution in [0.5, 0.6) is 5.75 Å². The van der Waals surface area contributed by atoms with Gasteiger partial charge in [0.15, 0.2) is 6.61 Å². The van der Waals surface area contributed by atoms with Gasteiger partial charge >= 0.3 is 0 Å². The van der Waals surface area contributed by atoms with E-state index in [1.54, 1.807) is 4.90 Å². The number of benzene rings is 3. The zero-order valence-electron chi connectivity index (χ0n) is 23.6. The fraction of sp³-hybridized carbons (Fsp3) is 0.375. The van der Waals surface area contributed by atoms with Crippen molar-refractivity contribution in [2.24, 2.45) is 0 Å². The number of nitrogens with zero attached hydrogens (tertiary/aromatic N) is 1. The molecule has 0 aliphatic rings. The highest BCUT2D eigenvalue weighted by Crippen LogP contribution is 2.31. The van der Waals surface area contributed by atoms with Crippen LogP contribution < -0.4 is 10.1 Å². The molecule has 3 aromatic rings. The van der Waals surface area contributed by atoms with E-state index in [0.717, 1.165) is 25.6 Å². The van der Waals surface area contributed by atoms with Crippen molar-refractivity contribution in [1.82, 2.24) is 10.2 Å². The van der Waals surface area contributed by atoms with Crippen LogP contribution in [0.4, 0.5) is 0 Å². The van der Waals surface area contributed by atoms with E-state index < -0.39 is 11.6 Å². The maximum absolute atomic E-state index is 13.8. The van der Waals surface area contributed by atoms with Crippen LogP contribution in [0.2, 0.25) is 0 Å². The highest BCUT2D eigenvalue weighted by Gasteiger charge is 2.32. The van der Waals surface area contributed by atoms with Gasteiger partial charge in [0.2, 0.25) is 5.91 Å². The quantitative estimate of drug-likeness (QED) is 0.260. The summed E-state index contributed by atoms with van der Waals surface area (Å²) in [7, 11) is 0. The van der Waals surface area contributed by atoms with Crippen molar-refractivity contribution in [3.63, 3.8) is 0 Å². The summed E-state index contributed by atoms with van der Waals surface area (Å²) >= 11 is 7.07. The van der Waals surface area contributed by atoms with Gasteiger partial charge in [-0.15, -0.1) is 0 Å². The van der Waals surface area contributed by atoms with E-state index in [-0.39, 0.29) is 30.4 Å². The molecule has 7 heteroatoms. The van der Waals surface area contributed by atoms with Gasteiger partial charge in [0.1, 0.15) is 11.8 Å². The second-order valence-corrected chi connectivity index (χ2v) is 13.5. The molecule has 3 rings (SSSR count). The molecule has 5 nitrogen and oxygen atoms in total. The fourth-order valence-electron chi connectivity index (χ4n) is 4.10. The third-order valence-electron chi connectivity index (χ3n) is 6.18. The normalized spacial score (nSPS) is 12.5. The number of hydrogen-bond donors (Lipinski definition) is 1. The van der Waals surface area contributed by atoms with Crippen molar-refractivity contribution in [1.29, 1.82) is 0 Å². The summed E-state index contributed by atoms with van der Waals surface area (Å²) in [5.41, 5.74) is 2.59. The lowest BCUT2D eigenvalue weighted by molar-refractivity contribution is -0.143. The van der Waals surface area contributed by atoms with Crippen molar-refractivity contribution >= 4 is 43.7 Å². The van der Waals surface area contributed by atoms with Crippen LogP contribution in [0, 0.1) is 0 Å². The van der Waals surface area contributed by atoms with Gasteiger partial charge in [-0.3, -0.25) is 9.59 Å². The van der Waals surface area contributed by atoms with Crippen LogP contribution in [-0.2, 0) is 28.0 Å². The zero-order chi connectivity index (χ0) is 28.8. The van der Waals surface area contributed by atoms with E-state index in [4.69, 9.17) is 4.74 Å². The molecule has 0 spiro atoms. The maximum atomic E-state index is 13.8. The predicted molar refractivity (Wildman–Crippen MR) is 165 cm³/mol. The molecule has 1 atom stereocenters. The monoisotopic (exact) mass is 656 g/mol. The molecule has 0 aliphatic carbocycles. The summed E-state index contributed by atoms with van der Waals surface area (Å²) in [6.07, 6.45) is 0.384. The Morgan fingerprint density at radius 3 is 2.08 bits per heavy atom. The average Bonchev–Trinajstić information content (AvgIpc) is 2.85. The zero-order valence-corrected chi connectivity index (χ0v) is 26.7. The number of rotatable bonds is 9. The van der Waals surface area contributed by atoms with Crippen molar-refractivity contribution in [3.8, 4) is 5.75 Å². The first-order valence-corrected chi connectivity index (χ1v) is 14.6. The number of carbonyl (C=O) groups is 2. The number of halogens is 2. The number of carbonyl (C=O) groups excluding carboxylic acids is 2. The SMILES string of the molecule is CC(C)(C)NC(=O)[C@@H](Cc1ccccc1)N(Cc1ccc(Br)cc1)C(=O)COc1ccc(C(C)(C)C)cc1Br. The van der Waals surface area contributed by atoms with Crippen LogP contribution in [0.15, 0.2) is 81.7 Å². The first-order valence-electron chi connectivity index (χ1n) is 13.1. The van der Waals surface area contributed by atoms with Crippen LogP contribution in [-0.4, -0.2) is 34.9 Å². The minimum Gasteiger partial charge on any atom is -0.483 e. The molecule has 0 saturated carbocycles. The molecule has 0 aliphatic heterocycles. The van der Waals surface area contributed by atoms with Crippen LogP contribution in [0.25, 0.3) is 0 Å². The minimum absolute atomic E-state index is 0.0105. The molecule has 0 saturated heterocycles. The largest absolute Gasteiger partial charge is 0.483 e. The summed E-state index contributed by atoms with van der Waals surface area (Å²) < 4.78 is 7.74. The van der Waals surface area contributed by atoms with Crippen LogP contribution >= 0.6 is 31.9 Å². The van der Waals surface area contributed by atoms with Gasteiger partial charge in [-0.1, -0.05) is 85.2 Å². The highest BCUT2D eigenvalue weighted by molar-refractivity contribution is 9.10. The van der Waals surface area contributed by atoms with E-state index >= 15 is 0 Å². The number of amides is 2. The highest BCUT2D eigenvalue weighted by atomic mass is 79.9. The van der Waals surface area contributed by atoms with Crippen molar-refractivity contribution in [3.05, 3.63) is 98.4 Å². The van der Waals surface area contributed by atoms with Crippen molar-refractivity contribution in [2.75, 3.05) is 6.61 Å². The Morgan fingerprint density at radius 1 is 0.872 bits per heavy atom. The molecule has 1 N–H and O–H groups in total. The second-order valence-electron chi connectivity index (χ2n) is 11.8. The van der Waals surface area contributed by atoms with Gasteiger partial charge in [-0.25, -0.2) is 0 Å². The van der Waals surface area contributed by atoms with Gasteiger partial charge in [-0.2, -0.15) is 0 Å². The molecule has 0 aromatic heterocycles. The summed E-state index contributed by atoms with van der Waals surface area (Å²) in [5, 5.41) is 3.08. The molecule has 0 bridgehead atoms. The number of ether oxygens (including phenoxy) is 1. The first kappa shape index (κ1) is 30.9. The molecule has 0 unspecified atom stereocenters. The molecule has 39 heavy (non-hydrogen) atoms. The Balaban J connectivity index is 1.92. The van der Waals surface area contributed by atoms with E-state index in [1.807, 2.05) is 93.6 Å². The third kappa shape index (κ3) is 9.50. The summed E-state index contributed by atoms with van der Waals surface area (Å²) in [4.78, 5) is 29.1. The standard InChI is InChI=1S/C32H38Br2N2O3/c1-31(2,3)24-14-17-28(26(34)19-24)39-21-29(37)36(20-23-12-15-25(33)16-13-23)27(30(38)35-32(4,5)6)18-22-10-8-7-9-11-22/h7-17,19,27H,18,20-21H2,1-6H3,(H,35,38)/t27-/m1/s1. The molecular formula is C32H38Br2N2O3. The molecule has 0 radical (unpaired) electrons. The molecule has 0 heterocycles. The maximum Gasteiger partial charge on any atom is 0.261 e. The smallest absolute Gasteiger partial charge is 0.261 e. The molecule has 2 amide bonds. The molecule has 0 fully saturated rings. The molecular weight excluding hydrogens is 620 g/mol. The van der Waals surface area contributed by atoms with Crippen LogP contribution in [0.1, 0.15) is 58.2 Å². The van der Waals surface area contributed by atoms with E-state index in [9.17, 15) is 9.59 Å². The third-order valence-corrected chi connectivity index (χ3v) is 7.33. The Hall–Kier alpha value is -2.64. The fourth-order valence-corrected chi connectivity index (χ4v) is 4.86. The summed E-state index contributed by atoms with van der Waals surface area (Å²) in [5.74, 6) is 0.112. The van der Waals surface area contributed by atoms with Crippen molar-refractivity contribution in [2.45, 2.75) is 71.5 Å². The van der Waals surface area contributed by atoms with Gasteiger partial charge in [-0.05, 0) is 83.1 Å². The second kappa shape index (κ2) is 13.1. The Bertz CT molecular complexity index is 1260. The first-order chi connectivity index (χ1) is 18.2. The van der Waals surface area contributed by atoms with Crippen molar-refractivity contribution < 1.29 is 14.3 Å². The average molecular weight is 658 g/mol. The van der Waals surface area contributed by atoms with Gasteiger partial charge in [0, 0.05) is 23.0 Å². The lowest BCUT2D eigenvalue weighted by atomic mass is 9.87. The number of hydrogen-bond acceptors (Lipinski definition) is 3.